The maximum atomic E-state index is 12.8. The first-order chi connectivity index (χ1) is 14.8. The summed E-state index contributed by atoms with van der Waals surface area (Å²) in [6.45, 7) is 0.788. The molecule has 2 aromatic carbocycles. The van der Waals surface area contributed by atoms with Gasteiger partial charge in [-0.2, -0.15) is 5.10 Å². The lowest BCUT2D eigenvalue weighted by Gasteiger charge is -2.16. The van der Waals surface area contributed by atoms with Gasteiger partial charge in [-0.15, -0.1) is 10.2 Å². The number of nitrogens with one attached hydrogen (secondary N) is 2. The van der Waals surface area contributed by atoms with Crippen molar-refractivity contribution in [2.45, 2.75) is 31.8 Å². The highest BCUT2D eigenvalue weighted by atomic mass is 16.1. The topological polar surface area (TPSA) is 88.5 Å². The number of aromatic nitrogens is 5. The van der Waals surface area contributed by atoms with Crippen molar-refractivity contribution < 1.29 is 4.79 Å². The highest BCUT2D eigenvalue weighted by Crippen LogP contribution is 2.23. The smallest absolute Gasteiger partial charge is 0.251 e. The van der Waals surface area contributed by atoms with Gasteiger partial charge in [-0.1, -0.05) is 42.5 Å². The normalized spacial score (nSPS) is 15.9. The molecule has 1 aliphatic rings. The van der Waals surface area contributed by atoms with Gasteiger partial charge in [0.05, 0.1) is 5.69 Å². The predicted octanol–water partition coefficient (Wildman–Crippen LogP) is 3.47. The second-order valence-corrected chi connectivity index (χ2v) is 7.50. The Bertz CT molecular complexity index is 1130. The number of H-pyrrole nitrogens is 1. The van der Waals surface area contributed by atoms with Gasteiger partial charge in [-0.3, -0.25) is 9.89 Å². The van der Waals surface area contributed by atoms with Crippen LogP contribution in [0.1, 0.15) is 29.0 Å². The minimum atomic E-state index is -0.0443. The lowest BCUT2D eigenvalue weighted by atomic mass is 10.1. The number of aromatic amines is 1. The fraction of sp³-hybridized carbons (Fsp3) is 0.217. The summed E-state index contributed by atoms with van der Waals surface area (Å²) in [5, 5.41) is 18.9. The van der Waals surface area contributed by atoms with Crippen LogP contribution in [0.15, 0.2) is 66.9 Å². The lowest BCUT2D eigenvalue weighted by Crippen LogP contribution is -2.35. The van der Waals surface area contributed by atoms with E-state index in [0.717, 1.165) is 54.3 Å². The molecule has 1 unspecified atom stereocenters. The standard InChI is InChI=1S/C23H22N6O/c30-23(18-8-6-16(7-9-18)20-12-14-24-26-20)25-19-10-11-21-27-28-22(29(21)15-13-19)17-4-2-1-3-5-17/h1-9,12,14,19H,10-11,13,15H2,(H,24,26)(H,25,30). The molecular formula is C23H22N6O. The van der Waals surface area contributed by atoms with E-state index in [2.05, 4.69) is 30.3 Å². The summed E-state index contributed by atoms with van der Waals surface area (Å²) in [5.74, 6) is 1.83. The average Bonchev–Trinajstić information content (AvgIpc) is 3.43. The third-order valence-electron chi connectivity index (χ3n) is 5.57. The summed E-state index contributed by atoms with van der Waals surface area (Å²) in [7, 11) is 0. The average molecular weight is 398 g/mol. The van der Waals surface area contributed by atoms with Gasteiger partial charge in [-0.05, 0) is 36.6 Å². The molecule has 1 atom stereocenters. The van der Waals surface area contributed by atoms with E-state index >= 15 is 0 Å². The van der Waals surface area contributed by atoms with Gasteiger partial charge < -0.3 is 9.88 Å². The maximum absolute atomic E-state index is 12.8. The second kappa shape index (κ2) is 7.94. The Labute approximate surface area is 174 Å². The van der Waals surface area contributed by atoms with Crippen LogP contribution >= 0.6 is 0 Å². The van der Waals surface area contributed by atoms with Crippen molar-refractivity contribution in [2.75, 3.05) is 0 Å². The first-order valence-corrected chi connectivity index (χ1v) is 10.2. The number of nitrogens with zero attached hydrogens (tertiary/aromatic N) is 4. The predicted molar refractivity (Wildman–Crippen MR) is 114 cm³/mol. The molecule has 0 bridgehead atoms. The molecule has 3 heterocycles. The minimum Gasteiger partial charge on any atom is -0.349 e. The Morgan fingerprint density at radius 3 is 2.57 bits per heavy atom. The molecule has 5 rings (SSSR count). The molecule has 2 aromatic heterocycles. The summed E-state index contributed by atoms with van der Waals surface area (Å²) in [4.78, 5) is 12.8. The van der Waals surface area contributed by atoms with Crippen molar-refractivity contribution in [1.29, 1.82) is 0 Å². The zero-order chi connectivity index (χ0) is 20.3. The van der Waals surface area contributed by atoms with Crippen LogP contribution in [0.2, 0.25) is 0 Å². The molecule has 150 valence electrons. The summed E-state index contributed by atoms with van der Waals surface area (Å²) >= 11 is 0. The highest BCUT2D eigenvalue weighted by Gasteiger charge is 2.22. The monoisotopic (exact) mass is 398 g/mol. The molecule has 0 spiro atoms. The molecule has 2 N–H and O–H groups in total. The number of carbonyl (C=O) groups is 1. The van der Waals surface area contributed by atoms with Crippen molar-refractivity contribution in [3.8, 4) is 22.6 Å². The van der Waals surface area contributed by atoms with E-state index in [1.807, 2.05) is 60.7 Å². The number of benzene rings is 2. The number of rotatable bonds is 4. The number of aryl methyl sites for hydroxylation is 1. The Kier molecular flexibility index (Phi) is 4.85. The SMILES string of the molecule is O=C(NC1CCc2nnc(-c3ccccc3)n2CC1)c1ccc(-c2ccn[nH]2)cc1. The van der Waals surface area contributed by atoms with Crippen LogP contribution in [0.5, 0.6) is 0 Å². The first-order valence-electron chi connectivity index (χ1n) is 10.2. The molecule has 0 saturated carbocycles. The Hall–Kier alpha value is -3.74. The fourth-order valence-corrected chi connectivity index (χ4v) is 3.92. The number of fused-ring (bicyclic) bond motifs is 1. The van der Waals surface area contributed by atoms with E-state index < -0.39 is 0 Å². The molecule has 30 heavy (non-hydrogen) atoms. The van der Waals surface area contributed by atoms with E-state index in [4.69, 9.17) is 0 Å². The van der Waals surface area contributed by atoms with Crippen LogP contribution in [0.3, 0.4) is 0 Å². The van der Waals surface area contributed by atoms with E-state index in [1.165, 1.54) is 0 Å². The van der Waals surface area contributed by atoms with E-state index in [9.17, 15) is 4.79 Å². The fourth-order valence-electron chi connectivity index (χ4n) is 3.92. The van der Waals surface area contributed by atoms with Crippen LogP contribution in [0.4, 0.5) is 0 Å². The highest BCUT2D eigenvalue weighted by molar-refractivity contribution is 5.94. The second-order valence-electron chi connectivity index (χ2n) is 7.50. The van der Waals surface area contributed by atoms with Crippen LogP contribution in [-0.4, -0.2) is 36.9 Å². The van der Waals surface area contributed by atoms with Crippen molar-refractivity contribution in [1.82, 2.24) is 30.3 Å². The zero-order valence-corrected chi connectivity index (χ0v) is 16.5. The van der Waals surface area contributed by atoms with Crippen molar-refractivity contribution in [2.24, 2.45) is 0 Å². The quantitative estimate of drug-likeness (QED) is 0.551. The molecule has 1 aliphatic heterocycles. The van der Waals surface area contributed by atoms with Gasteiger partial charge in [0.1, 0.15) is 5.82 Å². The molecular weight excluding hydrogens is 376 g/mol. The summed E-state index contributed by atoms with van der Waals surface area (Å²) in [6, 6.07) is 19.7. The molecule has 7 nitrogen and oxygen atoms in total. The van der Waals surface area contributed by atoms with Gasteiger partial charge in [0, 0.05) is 36.3 Å². The molecule has 0 radical (unpaired) electrons. The van der Waals surface area contributed by atoms with Gasteiger partial charge in [0.25, 0.3) is 5.91 Å². The minimum absolute atomic E-state index is 0.0443. The van der Waals surface area contributed by atoms with Gasteiger partial charge >= 0.3 is 0 Å². The number of amides is 1. The third-order valence-corrected chi connectivity index (χ3v) is 5.57. The third kappa shape index (κ3) is 3.61. The van der Waals surface area contributed by atoms with Gasteiger partial charge in [0.15, 0.2) is 5.82 Å². The lowest BCUT2D eigenvalue weighted by molar-refractivity contribution is 0.0933. The molecule has 7 heteroatoms. The van der Waals surface area contributed by atoms with E-state index in [1.54, 1.807) is 6.20 Å². The summed E-state index contributed by atoms with van der Waals surface area (Å²) < 4.78 is 2.18. The van der Waals surface area contributed by atoms with Crippen LogP contribution in [0.25, 0.3) is 22.6 Å². The molecule has 0 fully saturated rings. The number of carbonyl (C=O) groups excluding carboxylic acids is 1. The Morgan fingerprint density at radius 1 is 0.967 bits per heavy atom. The number of hydrogen-bond donors (Lipinski definition) is 2. The zero-order valence-electron chi connectivity index (χ0n) is 16.5. The Morgan fingerprint density at radius 2 is 1.80 bits per heavy atom. The molecule has 1 amide bonds. The van der Waals surface area contributed by atoms with Gasteiger partial charge in [-0.25, -0.2) is 0 Å². The van der Waals surface area contributed by atoms with E-state index in [0.29, 0.717) is 5.56 Å². The van der Waals surface area contributed by atoms with Crippen molar-refractivity contribution >= 4 is 5.91 Å². The largest absolute Gasteiger partial charge is 0.349 e. The Balaban J connectivity index is 1.25. The van der Waals surface area contributed by atoms with Crippen molar-refractivity contribution in [3.05, 3.63) is 78.2 Å². The molecule has 4 aromatic rings. The first kappa shape index (κ1) is 18.3. The summed E-state index contributed by atoms with van der Waals surface area (Å²) in [5.41, 5.74) is 3.66. The maximum Gasteiger partial charge on any atom is 0.251 e. The van der Waals surface area contributed by atoms with Crippen LogP contribution in [-0.2, 0) is 13.0 Å². The molecule has 0 saturated heterocycles. The summed E-state index contributed by atoms with van der Waals surface area (Å²) in [6.07, 6.45) is 4.21. The molecule has 0 aliphatic carbocycles. The number of hydrogen-bond acceptors (Lipinski definition) is 4. The van der Waals surface area contributed by atoms with Crippen molar-refractivity contribution in [3.63, 3.8) is 0 Å². The van der Waals surface area contributed by atoms with E-state index in [-0.39, 0.29) is 11.9 Å². The van der Waals surface area contributed by atoms with Gasteiger partial charge in [0.2, 0.25) is 0 Å². The van der Waals surface area contributed by atoms with Crippen LogP contribution < -0.4 is 5.32 Å². The van der Waals surface area contributed by atoms with Crippen LogP contribution in [0, 0.1) is 0 Å².